The number of aliphatic hydroxyl groups is 1. The Hall–Kier alpha value is -1.94. The van der Waals surface area contributed by atoms with Crippen molar-refractivity contribution < 1.29 is 80.2 Å². The van der Waals surface area contributed by atoms with Gasteiger partial charge in [0.2, 0.25) is 0 Å². The van der Waals surface area contributed by atoms with Crippen LogP contribution < -0.4 is 0 Å². The van der Waals surface area contributed by atoms with Crippen LogP contribution in [-0.4, -0.2) is 96.7 Å². The summed E-state index contributed by atoms with van der Waals surface area (Å²) in [6.45, 7) is 9.53. The smallest absolute Gasteiger partial charge is 0.462 e. The predicted octanol–water partition coefficient (Wildman–Crippen LogP) is 21.9. The molecule has 94 heavy (non-hydrogen) atoms. The quantitative estimate of drug-likeness (QED) is 0.0222. The Morgan fingerprint density at radius 3 is 0.723 bits per heavy atom. The lowest BCUT2D eigenvalue weighted by atomic mass is 10.0. The number of carbonyl (C=O) groups excluding carboxylic acids is 4. The largest absolute Gasteiger partial charge is 0.472 e. The molecule has 0 heterocycles. The lowest BCUT2D eigenvalue weighted by Crippen LogP contribution is -2.30. The van der Waals surface area contributed by atoms with Gasteiger partial charge in [-0.25, -0.2) is 9.13 Å². The van der Waals surface area contributed by atoms with Gasteiger partial charge in [0.05, 0.1) is 26.4 Å². The minimum absolute atomic E-state index is 0.105. The van der Waals surface area contributed by atoms with Crippen LogP contribution in [-0.2, 0) is 65.4 Å². The van der Waals surface area contributed by atoms with Gasteiger partial charge >= 0.3 is 39.5 Å². The molecule has 0 saturated heterocycles. The number of hydrogen-bond acceptors (Lipinski definition) is 15. The Labute approximate surface area is 575 Å². The van der Waals surface area contributed by atoms with Crippen molar-refractivity contribution in [2.24, 2.45) is 11.8 Å². The molecule has 0 amide bonds. The summed E-state index contributed by atoms with van der Waals surface area (Å²) in [5.74, 6) is -0.639. The average molecular weight is 1380 g/mol. The maximum Gasteiger partial charge on any atom is 0.472 e. The van der Waals surface area contributed by atoms with Gasteiger partial charge in [-0.05, 0) is 37.5 Å². The fraction of sp³-hybridized carbons (Fsp3) is 0.947. The van der Waals surface area contributed by atoms with E-state index in [0.717, 1.165) is 102 Å². The molecule has 0 saturated carbocycles. The van der Waals surface area contributed by atoms with Gasteiger partial charge in [0.25, 0.3) is 0 Å². The molecule has 0 bridgehead atoms. The Bertz CT molecular complexity index is 1820. The third-order valence-corrected chi connectivity index (χ3v) is 19.4. The highest BCUT2D eigenvalue weighted by Gasteiger charge is 2.30. The molecule has 0 aliphatic rings. The van der Waals surface area contributed by atoms with Crippen molar-refractivity contribution >= 4 is 39.5 Å². The van der Waals surface area contributed by atoms with Crippen molar-refractivity contribution in [3.63, 3.8) is 0 Å². The van der Waals surface area contributed by atoms with E-state index in [1.54, 1.807) is 0 Å². The van der Waals surface area contributed by atoms with E-state index in [1.807, 2.05) is 0 Å². The molecule has 0 aromatic rings. The lowest BCUT2D eigenvalue weighted by molar-refractivity contribution is -0.161. The number of aliphatic hydroxyl groups excluding tert-OH is 1. The second kappa shape index (κ2) is 66.9. The van der Waals surface area contributed by atoms with Gasteiger partial charge in [0.1, 0.15) is 19.3 Å². The first kappa shape index (κ1) is 92.1. The molecule has 0 aliphatic heterocycles. The molecule has 2 unspecified atom stereocenters. The van der Waals surface area contributed by atoms with Crippen molar-refractivity contribution in [3.05, 3.63) is 0 Å². The van der Waals surface area contributed by atoms with Gasteiger partial charge in [-0.2, -0.15) is 0 Å². The highest BCUT2D eigenvalue weighted by molar-refractivity contribution is 7.47. The molecular formula is C75H146O17P2. The van der Waals surface area contributed by atoms with E-state index in [1.165, 1.54) is 205 Å². The zero-order valence-corrected chi connectivity index (χ0v) is 63.1. The zero-order valence-electron chi connectivity index (χ0n) is 61.3. The van der Waals surface area contributed by atoms with Crippen molar-refractivity contribution in [1.29, 1.82) is 0 Å². The number of phosphoric acid groups is 2. The maximum absolute atomic E-state index is 13.1. The number of rotatable bonds is 74. The third-order valence-electron chi connectivity index (χ3n) is 17.5. The Balaban J connectivity index is 5.20. The van der Waals surface area contributed by atoms with E-state index in [4.69, 9.17) is 37.0 Å². The fourth-order valence-electron chi connectivity index (χ4n) is 11.5. The molecule has 0 radical (unpaired) electrons. The van der Waals surface area contributed by atoms with Gasteiger partial charge in [-0.15, -0.1) is 0 Å². The summed E-state index contributed by atoms with van der Waals surface area (Å²) in [6, 6.07) is 0. The molecule has 0 fully saturated rings. The first-order valence-electron chi connectivity index (χ1n) is 39.0. The monoisotopic (exact) mass is 1380 g/mol. The van der Waals surface area contributed by atoms with E-state index in [0.29, 0.717) is 25.7 Å². The van der Waals surface area contributed by atoms with E-state index < -0.39 is 97.5 Å². The number of unbranched alkanes of at least 4 members (excludes halogenated alkanes) is 44. The second-order valence-corrected chi connectivity index (χ2v) is 30.9. The fourth-order valence-corrected chi connectivity index (χ4v) is 13.1. The second-order valence-electron chi connectivity index (χ2n) is 28.0. The molecule has 0 aliphatic carbocycles. The zero-order chi connectivity index (χ0) is 69.3. The maximum atomic E-state index is 13.1. The highest BCUT2D eigenvalue weighted by Crippen LogP contribution is 2.45. The summed E-state index contributed by atoms with van der Waals surface area (Å²) >= 11 is 0. The summed E-state index contributed by atoms with van der Waals surface area (Å²) < 4.78 is 68.4. The van der Waals surface area contributed by atoms with E-state index >= 15 is 0 Å². The number of phosphoric ester groups is 2. The van der Waals surface area contributed by atoms with E-state index in [-0.39, 0.29) is 25.7 Å². The van der Waals surface area contributed by atoms with Crippen LogP contribution in [0.3, 0.4) is 0 Å². The van der Waals surface area contributed by atoms with Gasteiger partial charge in [0, 0.05) is 25.7 Å². The van der Waals surface area contributed by atoms with Crippen molar-refractivity contribution in [2.75, 3.05) is 39.6 Å². The van der Waals surface area contributed by atoms with Crippen LogP contribution in [0.2, 0.25) is 0 Å². The topological polar surface area (TPSA) is 237 Å². The first-order chi connectivity index (χ1) is 45.4. The standard InChI is InChI=1S/C75H146O17P2/c1-7-9-11-13-15-17-19-20-21-22-23-24-25-26-27-28-34-41-47-53-59-74(79)91-70(64-86-73(78)58-52-46-40-35-29-31-37-43-49-55-67(3)4)65-89-93(81,82)87-61-69(76)62-88-94(83,84)90-66-71(63-85-72(77)57-51-45-39-33-18-16-14-12-10-8-2)92-75(80)60-54-48-42-36-30-32-38-44-50-56-68(5)6/h67-71,76H,7-66H2,1-6H3,(H,81,82)(H,83,84)/t69-,70-,71-/m1/s1. The van der Waals surface area contributed by atoms with E-state index in [9.17, 15) is 43.2 Å². The molecule has 0 rings (SSSR count). The highest BCUT2D eigenvalue weighted by atomic mass is 31.2. The van der Waals surface area contributed by atoms with E-state index in [2.05, 4.69) is 41.5 Å². The minimum atomic E-state index is -4.96. The lowest BCUT2D eigenvalue weighted by Gasteiger charge is -2.21. The molecule has 0 spiro atoms. The van der Waals surface area contributed by atoms with Crippen LogP contribution in [0.25, 0.3) is 0 Å². The number of carbonyl (C=O) groups is 4. The first-order valence-corrected chi connectivity index (χ1v) is 42.0. The van der Waals surface area contributed by atoms with Crippen LogP contribution in [0.5, 0.6) is 0 Å². The molecule has 19 heteroatoms. The van der Waals surface area contributed by atoms with Crippen LogP contribution >= 0.6 is 15.6 Å². The minimum Gasteiger partial charge on any atom is -0.462 e. The van der Waals surface area contributed by atoms with Gasteiger partial charge in [-0.1, -0.05) is 337 Å². The summed E-state index contributed by atoms with van der Waals surface area (Å²) in [5, 5.41) is 10.6. The Morgan fingerprint density at radius 2 is 0.489 bits per heavy atom. The van der Waals surface area contributed by atoms with Crippen molar-refractivity contribution in [1.82, 2.24) is 0 Å². The summed E-state index contributed by atoms with van der Waals surface area (Å²) in [7, 11) is -9.91. The molecule has 558 valence electrons. The van der Waals surface area contributed by atoms with Gasteiger partial charge in [0.15, 0.2) is 12.2 Å². The van der Waals surface area contributed by atoms with Crippen molar-refractivity contribution in [3.8, 4) is 0 Å². The number of hydrogen-bond donors (Lipinski definition) is 3. The summed E-state index contributed by atoms with van der Waals surface area (Å²) in [5.41, 5.74) is 0. The molecule has 3 N–H and O–H groups in total. The third kappa shape index (κ3) is 68.6. The molecule has 0 aromatic heterocycles. The van der Waals surface area contributed by atoms with Crippen LogP contribution in [0, 0.1) is 11.8 Å². The predicted molar refractivity (Wildman–Crippen MR) is 381 cm³/mol. The summed E-state index contributed by atoms with van der Waals surface area (Å²) in [4.78, 5) is 72.7. The normalized spacial score (nSPS) is 14.0. The van der Waals surface area contributed by atoms with Crippen LogP contribution in [0.1, 0.15) is 388 Å². The average Bonchev–Trinajstić information content (AvgIpc) is 1.22. The molecular weight excluding hydrogens is 1230 g/mol. The number of esters is 4. The van der Waals surface area contributed by atoms with Crippen LogP contribution in [0.15, 0.2) is 0 Å². The molecule has 17 nitrogen and oxygen atoms in total. The van der Waals surface area contributed by atoms with Gasteiger partial charge in [-0.3, -0.25) is 37.3 Å². The molecule has 5 atom stereocenters. The Kier molecular flexibility index (Phi) is 65.5. The Morgan fingerprint density at radius 1 is 0.287 bits per heavy atom. The summed E-state index contributed by atoms with van der Waals surface area (Å²) in [6.07, 6.45) is 54.2. The van der Waals surface area contributed by atoms with Gasteiger partial charge < -0.3 is 33.8 Å². The van der Waals surface area contributed by atoms with Crippen molar-refractivity contribution in [2.45, 2.75) is 407 Å². The molecule has 0 aromatic carbocycles. The van der Waals surface area contributed by atoms with Crippen LogP contribution in [0.4, 0.5) is 0 Å². The SMILES string of the molecule is CCCCCCCCCCCCCCCCCCCCCCC(=O)O[C@H](COC(=O)CCCCCCCCCCCC(C)C)COP(=O)(O)OC[C@@H](O)COP(=O)(O)OC[C@@H](COC(=O)CCCCCCCCCCCC)OC(=O)CCCCCCCCCCCC(C)C. The number of ether oxygens (including phenoxy) is 4.